The van der Waals surface area contributed by atoms with Crippen LogP contribution in [0.4, 0.5) is 5.82 Å². The minimum Gasteiger partial charge on any atom is -0.493 e. The Labute approximate surface area is 106 Å². The Balaban J connectivity index is 2.20. The van der Waals surface area contributed by atoms with Crippen molar-refractivity contribution in [3.63, 3.8) is 0 Å². The van der Waals surface area contributed by atoms with Crippen LogP contribution in [0, 0.1) is 0 Å². The molecule has 1 N–H and O–H groups in total. The van der Waals surface area contributed by atoms with Gasteiger partial charge in [-0.2, -0.15) is 4.98 Å². The van der Waals surface area contributed by atoms with Crippen molar-refractivity contribution in [2.24, 2.45) is 0 Å². The Morgan fingerprint density at radius 2 is 1.94 bits per heavy atom. The van der Waals surface area contributed by atoms with Crippen molar-refractivity contribution >= 4 is 5.82 Å². The fraction of sp³-hybridized carbons (Fsp3) is 0.231. The monoisotopic (exact) mass is 245 g/mol. The van der Waals surface area contributed by atoms with Crippen LogP contribution in [0.15, 0.2) is 36.7 Å². The molecule has 18 heavy (non-hydrogen) atoms. The van der Waals surface area contributed by atoms with Crippen molar-refractivity contribution in [2.45, 2.75) is 6.92 Å². The number of anilines is 1. The molecule has 1 heterocycles. The van der Waals surface area contributed by atoms with Gasteiger partial charge < -0.3 is 14.8 Å². The lowest BCUT2D eigenvalue weighted by Crippen LogP contribution is -2.01. The Morgan fingerprint density at radius 1 is 1.17 bits per heavy atom. The molecule has 0 atom stereocenters. The van der Waals surface area contributed by atoms with E-state index in [2.05, 4.69) is 15.3 Å². The van der Waals surface area contributed by atoms with Gasteiger partial charge in [-0.1, -0.05) is 12.1 Å². The summed E-state index contributed by atoms with van der Waals surface area (Å²) in [7, 11) is 1.60. The van der Waals surface area contributed by atoms with Crippen LogP contribution in [0.3, 0.4) is 0 Å². The predicted molar refractivity (Wildman–Crippen MR) is 69.3 cm³/mol. The maximum Gasteiger partial charge on any atom is 0.240 e. The van der Waals surface area contributed by atoms with Gasteiger partial charge in [0.25, 0.3) is 0 Å². The van der Waals surface area contributed by atoms with Crippen molar-refractivity contribution in [1.82, 2.24) is 9.97 Å². The molecule has 0 fully saturated rings. The average Bonchev–Trinajstić information content (AvgIpc) is 2.40. The van der Waals surface area contributed by atoms with E-state index >= 15 is 0 Å². The number of ether oxygens (including phenoxy) is 2. The number of hydrogen-bond acceptors (Lipinski definition) is 5. The highest BCUT2D eigenvalue weighted by atomic mass is 16.5. The van der Waals surface area contributed by atoms with Crippen molar-refractivity contribution in [1.29, 1.82) is 0 Å². The maximum absolute atomic E-state index is 5.65. The van der Waals surface area contributed by atoms with Gasteiger partial charge in [0.1, 0.15) is 5.82 Å². The molecular formula is C13H15N3O2. The van der Waals surface area contributed by atoms with Crippen LogP contribution in [0.5, 0.6) is 17.4 Å². The second-order valence-corrected chi connectivity index (χ2v) is 3.53. The highest BCUT2D eigenvalue weighted by molar-refractivity contribution is 5.42. The molecule has 0 saturated carbocycles. The molecule has 0 radical (unpaired) electrons. The zero-order valence-electron chi connectivity index (χ0n) is 10.4. The highest BCUT2D eigenvalue weighted by Gasteiger charge is 2.06. The average molecular weight is 245 g/mol. The van der Waals surface area contributed by atoms with Crippen LogP contribution in [0.1, 0.15) is 6.92 Å². The van der Waals surface area contributed by atoms with Gasteiger partial charge in [-0.25, -0.2) is 0 Å². The van der Waals surface area contributed by atoms with Crippen LogP contribution in [-0.4, -0.2) is 23.6 Å². The molecule has 1 aromatic carbocycles. The summed E-state index contributed by atoms with van der Waals surface area (Å²) in [6.45, 7) is 2.78. The van der Waals surface area contributed by atoms with Crippen molar-refractivity contribution in [3.05, 3.63) is 36.7 Å². The zero-order chi connectivity index (χ0) is 12.8. The molecule has 0 aliphatic carbocycles. The lowest BCUT2D eigenvalue weighted by Gasteiger charge is -2.09. The molecule has 94 valence electrons. The van der Waals surface area contributed by atoms with Gasteiger partial charge in [-0.05, 0) is 19.1 Å². The molecule has 0 saturated heterocycles. The summed E-state index contributed by atoms with van der Waals surface area (Å²) in [6.07, 6.45) is 3.21. The van der Waals surface area contributed by atoms with Gasteiger partial charge in [0.05, 0.1) is 19.5 Å². The smallest absolute Gasteiger partial charge is 0.240 e. The van der Waals surface area contributed by atoms with Gasteiger partial charge in [0, 0.05) is 6.54 Å². The van der Waals surface area contributed by atoms with Gasteiger partial charge in [0.15, 0.2) is 11.5 Å². The first-order valence-electron chi connectivity index (χ1n) is 5.70. The molecule has 2 aromatic rings. The molecule has 0 aliphatic rings. The van der Waals surface area contributed by atoms with Gasteiger partial charge >= 0.3 is 0 Å². The molecule has 0 bridgehead atoms. The quantitative estimate of drug-likeness (QED) is 0.877. The van der Waals surface area contributed by atoms with E-state index in [1.54, 1.807) is 19.5 Å². The molecular weight excluding hydrogens is 230 g/mol. The van der Waals surface area contributed by atoms with Crippen LogP contribution in [0.2, 0.25) is 0 Å². The molecule has 5 nitrogen and oxygen atoms in total. The summed E-state index contributed by atoms with van der Waals surface area (Å²) in [6, 6.07) is 7.41. The van der Waals surface area contributed by atoms with E-state index in [4.69, 9.17) is 9.47 Å². The standard InChI is InChI=1S/C13H15N3O2/c1-3-15-12-8-14-9-13(16-12)18-11-7-5-4-6-10(11)17-2/h4-9H,3H2,1-2H3,(H,15,16). The maximum atomic E-state index is 5.65. The summed E-state index contributed by atoms with van der Waals surface area (Å²) in [5.41, 5.74) is 0. The fourth-order valence-electron chi connectivity index (χ4n) is 1.48. The third-order valence-corrected chi connectivity index (χ3v) is 2.25. The summed E-state index contributed by atoms with van der Waals surface area (Å²) >= 11 is 0. The van der Waals surface area contributed by atoms with E-state index < -0.39 is 0 Å². The van der Waals surface area contributed by atoms with Gasteiger partial charge in [0.2, 0.25) is 5.88 Å². The fourth-order valence-corrected chi connectivity index (χ4v) is 1.48. The second kappa shape index (κ2) is 5.86. The van der Waals surface area contributed by atoms with E-state index in [0.29, 0.717) is 23.2 Å². The molecule has 5 heteroatoms. The van der Waals surface area contributed by atoms with Crippen molar-refractivity contribution in [2.75, 3.05) is 19.0 Å². The zero-order valence-corrected chi connectivity index (χ0v) is 10.4. The number of methoxy groups -OCH3 is 1. The van der Waals surface area contributed by atoms with Crippen molar-refractivity contribution < 1.29 is 9.47 Å². The first-order valence-corrected chi connectivity index (χ1v) is 5.70. The van der Waals surface area contributed by atoms with Crippen LogP contribution in [0.25, 0.3) is 0 Å². The lowest BCUT2D eigenvalue weighted by atomic mass is 10.3. The van der Waals surface area contributed by atoms with Crippen LogP contribution >= 0.6 is 0 Å². The number of benzene rings is 1. The second-order valence-electron chi connectivity index (χ2n) is 3.53. The topological polar surface area (TPSA) is 56.3 Å². The first-order chi connectivity index (χ1) is 8.83. The Morgan fingerprint density at radius 3 is 2.67 bits per heavy atom. The number of hydrogen-bond donors (Lipinski definition) is 1. The van der Waals surface area contributed by atoms with E-state index in [0.717, 1.165) is 6.54 Å². The van der Waals surface area contributed by atoms with Crippen LogP contribution in [-0.2, 0) is 0 Å². The molecule has 0 amide bonds. The van der Waals surface area contributed by atoms with E-state index in [9.17, 15) is 0 Å². The Hall–Kier alpha value is -2.30. The molecule has 0 unspecified atom stereocenters. The summed E-state index contributed by atoms with van der Waals surface area (Å²) in [5, 5.41) is 3.08. The van der Waals surface area contributed by atoms with Gasteiger partial charge in [-0.15, -0.1) is 0 Å². The predicted octanol–water partition coefficient (Wildman–Crippen LogP) is 2.71. The summed E-state index contributed by atoms with van der Waals surface area (Å²) in [5.74, 6) is 2.39. The Kier molecular flexibility index (Phi) is 3.96. The third-order valence-electron chi connectivity index (χ3n) is 2.25. The minimum atomic E-state index is 0.429. The lowest BCUT2D eigenvalue weighted by molar-refractivity contribution is 0.373. The third kappa shape index (κ3) is 2.88. The summed E-state index contributed by atoms with van der Waals surface area (Å²) in [4.78, 5) is 8.35. The number of nitrogens with one attached hydrogen (secondary N) is 1. The number of nitrogens with zero attached hydrogens (tertiary/aromatic N) is 2. The molecule has 0 aliphatic heterocycles. The van der Waals surface area contributed by atoms with Crippen LogP contribution < -0.4 is 14.8 Å². The molecule has 0 spiro atoms. The highest BCUT2D eigenvalue weighted by Crippen LogP contribution is 2.29. The van der Waals surface area contributed by atoms with Gasteiger partial charge in [-0.3, -0.25) is 4.98 Å². The largest absolute Gasteiger partial charge is 0.493 e. The number of aromatic nitrogens is 2. The SMILES string of the molecule is CCNc1cncc(Oc2ccccc2OC)n1. The van der Waals surface area contributed by atoms with E-state index in [-0.39, 0.29) is 0 Å². The Bertz CT molecular complexity index is 517. The number of rotatable bonds is 5. The first kappa shape index (κ1) is 12.2. The molecule has 2 rings (SSSR count). The number of para-hydroxylation sites is 2. The normalized spacial score (nSPS) is 9.89. The summed E-state index contributed by atoms with van der Waals surface area (Å²) < 4.78 is 10.9. The minimum absolute atomic E-state index is 0.429. The van der Waals surface area contributed by atoms with E-state index in [1.165, 1.54) is 0 Å². The molecule has 1 aromatic heterocycles. The van der Waals surface area contributed by atoms with E-state index in [1.807, 2.05) is 31.2 Å². The van der Waals surface area contributed by atoms with Crippen molar-refractivity contribution in [3.8, 4) is 17.4 Å².